The van der Waals surface area contributed by atoms with Gasteiger partial charge < -0.3 is 0 Å². The first-order valence-corrected chi connectivity index (χ1v) is 4.18. The molecule has 0 atom stereocenters. The van der Waals surface area contributed by atoms with Gasteiger partial charge in [-0.2, -0.15) is 0 Å². The molecule has 0 amide bonds. The zero-order chi connectivity index (χ0) is 9.30. The molecule has 1 heterocycles. The summed E-state index contributed by atoms with van der Waals surface area (Å²) in [6, 6.07) is 0. The number of pyridine rings is 1. The molecule has 1 aromatic heterocycles. The van der Waals surface area contributed by atoms with Crippen LogP contribution in [0.2, 0.25) is 15.2 Å². The maximum atomic E-state index is 11.0. The summed E-state index contributed by atoms with van der Waals surface area (Å²) in [7, 11) is 0. The van der Waals surface area contributed by atoms with Crippen molar-refractivity contribution in [2.24, 2.45) is 0 Å². The predicted molar refractivity (Wildman–Crippen MR) is 49.3 cm³/mol. The van der Waals surface area contributed by atoms with Crippen molar-refractivity contribution in [2.45, 2.75) is 6.92 Å². The second kappa shape index (κ2) is 5.35. The van der Waals surface area contributed by atoms with Crippen LogP contribution in [0.4, 0.5) is 0 Å². The fourth-order valence-corrected chi connectivity index (χ4v) is 1.48. The van der Waals surface area contributed by atoms with E-state index in [9.17, 15) is 4.79 Å². The summed E-state index contributed by atoms with van der Waals surface area (Å²) in [5.74, 6) is -0.250. The van der Waals surface area contributed by atoms with E-state index in [0.29, 0.717) is 0 Å². The van der Waals surface area contributed by atoms with Crippen molar-refractivity contribution in [3.63, 3.8) is 0 Å². The Morgan fingerprint density at radius 1 is 1.38 bits per heavy atom. The Morgan fingerprint density at radius 2 is 1.92 bits per heavy atom. The third-order valence-corrected chi connectivity index (χ3v) is 2.34. The Morgan fingerprint density at radius 3 is 2.31 bits per heavy atom. The molecular weight excluding hydrogens is 417 g/mol. The Bertz CT molecular complexity index is 343. The smallest absolute Gasteiger partial charge is 0.164 e. The summed E-state index contributed by atoms with van der Waals surface area (Å²) in [6.45, 7) is 1.35. The van der Waals surface area contributed by atoms with Gasteiger partial charge in [0.2, 0.25) is 0 Å². The molecule has 0 saturated carbocycles. The third kappa shape index (κ3) is 2.94. The van der Waals surface area contributed by atoms with Gasteiger partial charge in [-0.25, -0.2) is 4.98 Å². The minimum absolute atomic E-state index is 0. The Kier molecular flexibility index (Phi) is 5.52. The molecule has 0 saturated heterocycles. The van der Waals surface area contributed by atoms with Gasteiger partial charge in [0.05, 0.1) is 15.6 Å². The number of carbonyl (C=O) groups excluding carboxylic acids is 1. The molecule has 0 aromatic carbocycles. The van der Waals surface area contributed by atoms with Gasteiger partial charge in [0.15, 0.2) is 5.78 Å². The van der Waals surface area contributed by atoms with Gasteiger partial charge in [0.1, 0.15) is 5.15 Å². The van der Waals surface area contributed by atoms with E-state index in [-0.39, 0.29) is 48.9 Å². The zero-order valence-corrected chi connectivity index (χ0v) is 10.8. The molecular formula is C7H4AuCl3NO. The fraction of sp³-hybridized carbons (Fsp3) is 0.143. The predicted octanol–water partition coefficient (Wildman–Crippen LogP) is 3.24. The standard InChI is InChI=1S/C7H4Cl3NO.Au/c1-3(12)5-6(9)4(8)2-11-7(5)10;/h2H,1H3;. The number of hydrogen-bond acceptors (Lipinski definition) is 2. The van der Waals surface area contributed by atoms with Crippen LogP contribution in [0.1, 0.15) is 17.3 Å². The van der Waals surface area contributed by atoms with Crippen LogP contribution in [0.3, 0.4) is 0 Å². The fourth-order valence-electron chi connectivity index (χ4n) is 0.744. The molecule has 1 rings (SSSR count). The number of hydrogen-bond donors (Lipinski definition) is 0. The number of ketones is 1. The van der Waals surface area contributed by atoms with Crippen molar-refractivity contribution >= 4 is 40.6 Å². The van der Waals surface area contributed by atoms with Gasteiger partial charge in [-0.1, -0.05) is 34.8 Å². The van der Waals surface area contributed by atoms with E-state index in [0.717, 1.165) is 0 Å². The average Bonchev–Trinajstić information content (AvgIpc) is 1.97. The number of rotatable bonds is 1. The molecule has 0 aliphatic heterocycles. The van der Waals surface area contributed by atoms with Crippen LogP contribution in [0.15, 0.2) is 6.20 Å². The first-order chi connectivity index (χ1) is 5.54. The first-order valence-electron chi connectivity index (χ1n) is 3.04. The maximum Gasteiger partial charge on any atom is 0.164 e. The maximum absolute atomic E-state index is 11.0. The van der Waals surface area contributed by atoms with E-state index < -0.39 is 0 Å². The number of halogens is 3. The summed E-state index contributed by atoms with van der Waals surface area (Å²) in [4.78, 5) is 14.7. The van der Waals surface area contributed by atoms with Crippen LogP contribution in [0, 0.1) is 0 Å². The van der Waals surface area contributed by atoms with Gasteiger partial charge in [0.25, 0.3) is 0 Å². The molecule has 13 heavy (non-hydrogen) atoms. The monoisotopic (exact) mass is 420 g/mol. The molecule has 0 bridgehead atoms. The van der Waals surface area contributed by atoms with Crippen LogP contribution in [0.5, 0.6) is 0 Å². The van der Waals surface area contributed by atoms with Crippen LogP contribution in [-0.2, 0) is 22.4 Å². The molecule has 6 heteroatoms. The summed E-state index contributed by atoms with van der Waals surface area (Å²) in [5, 5.41) is 0.465. The Balaban J connectivity index is 0.00000144. The minimum Gasteiger partial charge on any atom is -0.294 e. The van der Waals surface area contributed by atoms with Crippen molar-refractivity contribution < 1.29 is 27.2 Å². The summed E-state index contributed by atoms with van der Waals surface area (Å²) < 4.78 is 0. The van der Waals surface area contributed by atoms with Crippen molar-refractivity contribution in [3.8, 4) is 0 Å². The molecule has 1 aromatic rings. The quantitative estimate of drug-likeness (QED) is 0.396. The van der Waals surface area contributed by atoms with Crippen molar-refractivity contribution in [1.82, 2.24) is 4.98 Å². The molecule has 2 nitrogen and oxygen atoms in total. The van der Waals surface area contributed by atoms with Crippen molar-refractivity contribution in [2.75, 3.05) is 0 Å². The van der Waals surface area contributed by atoms with Gasteiger partial charge in [-0.05, 0) is 6.92 Å². The molecule has 0 aliphatic carbocycles. The third-order valence-electron chi connectivity index (χ3n) is 1.28. The normalized spacial score (nSPS) is 9.23. The minimum atomic E-state index is -0.250. The van der Waals surface area contributed by atoms with Crippen molar-refractivity contribution in [3.05, 3.63) is 27.0 Å². The number of Topliss-reactive ketones (excluding diaryl/α,β-unsaturated/α-hetero) is 1. The van der Waals surface area contributed by atoms with Gasteiger partial charge >= 0.3 is 0 Å². The molecule has 0 fully saturated rings. The van der Waals surface area contributed by atoms with E-state index >= 15 is 0 Å². The summed E-state index contributed by atoms with van der Waals surface area (Å²) in [6.07, 6.45) is 1.30. The van der Waals surface area contributed by atoms with Crippen molar-refractivity contribution in [1.29, 1.82) is 0 Å². The number of nitrogens with zero attached hydrogens (tertiary/aromatic N) is 1. The molecule has 1 radical (unpaired) electrons. The number of carbonyl (C=O) groups is 1. The van der Waals surface area contributed by atoms with E-state index in [1.54, 1.807) is 0 Å². The summed E-state index contributed by atoms with van der Waals surface area (Å²) >= 11 is 17.0. The molecule has 0 N–H and O–H groups in total. The van der Waals surface area contributed by atoms with Gasteiger partial charge in [0, 0.05) is 28.6 Å². The second-order valence-corrected chi connectivity index (χ2v) is 3.29. The Labute approximate surface area is 106 Å². The van der Waals surface area contributed by atoms with E-state index in [1.165, 1.54) is 13.1 Å². The number of aromatic nitrogens is 1. The molecule has 0 unspecified atom stereocenters. The second-order valence-electron chi connectivity index (χ2n) is 2.14. The molecule has 75 valence electrons. The van der Waals surface area contributed by atoms with Crippen LogP contribution in [-0.4, -0.2) is 10.8 Å². The molecule has 0 aliphatic rings. The van der Waals surface area contributed by atoms with E-state index in [4.69, 9.17) is 34.8 Å². The van der Waals surface area contributed by atoms with Gasteiger partial charge in [-0.3, -0.25) is 4.79 Å². The topological polar surface area (TPSA) is 30.0 Å². The first kappa shape index (κ1) is 13.4. The van der Waals surface area contributed by atoms with Crippen LogP contribution >= 0.6 is 34.8 Å². The van der Waals surface area contributed by atoms with E-state index in [1.807, 2.05) is 0 Å². The van der Waals surface area contributed by atoms with Crippen LogP contribution < -0.4 is 0 Å². The molecule has 0 spiro atoms. The summed E-state index contributed by atoms with van der Waals surface area (Å²) in [5.41, 5.74) is 0.172. The SMILES string of the molecule is CC(=O)c1c(Cl)ncc(Cl)c1Cl.[Au]. The average molecular weight is 421 g/mol. The van der Waals surface area contributed by atoms with E-state index in [2.05, 4.69) is 4.98 Å². The van der Waals surface area contributed by atoms with Crippen LogP contribution in [0.25, 0.3) is 0 Å². The Hall–Kier alpha value is 0.430. The zero-order valence-electron chi connectivity index (χ0n) is 6.37. The largest absolute Gasteiger partial charge is 0.294 e. The van der Waals surface area contributed by atoms with Gasteiger partial charge in [-0.15, -0.1) is 0 Å².